The maximum absolute atomic E-state index is 13.7. The number of likely N-dealkylation sites (tertiary alicyclic amines) is 1. The van der Waals surface area contributed by atoms with Crippen LogP contribution in [-0.2, 0) is 11.3 Å². The van der Waals surface area contributed by atoms with E-state index in [0.29, 0.717) is 13.1 Å². The summed E-state index contributed by atoms with van der Waals surface area (Å²) in [7, 11) is 0. The van der Waals surface area contributed by atoms with Crippen molar-refractivity contribution in [2.45, 2.75) is 77.4 Å². The normalized spacial score (nSPS) is 29.1. The van der Waals surface area contributed by atoms with Gasteiger partial charge >= 0.3 is 0 Å². The summed E-state index contributed by atoms with van der Waals surface area (Å²) in [5, 5.41) is 5.36. The minimum absolute atomic E-state index is 0.00527. The van der Waals surface area contributed by atoms with E-state index in [9.17, 15) is 9.59 Å². The van der Waals surface area contributed by atoms with Crippen molar-refractivity contribution in [2.24, 2.45) is 11.8 Å². The molecular weight excluding hydrogens is 432 g/mol. The van der Waals surface area contributed by atoms with Crippen LogP contribution in [-0.4, -0.2) is 63.9 Å². The van der Waals surface area contributed by atoms with Crippen LogP contribution < -0.4 is 5.32 Å². The summed E-state index contributed by atoms with van der Waals surface area (Å²) in [6.07, 6.45) is 6.64. The maximum Gasteiger partial charge on any atom is 0.271 e. The first kappa shape index (κ1) is 22.9. The molecule has 6 nitrogen and oxygen atoms in total. The molecule has 1 saturated heterocycles. The molecular formula is C26H38N4O2S. The molecule has 3 aliphatic rings. The number of aromatic nitrogens is 1. The number of amides is 2. The molecule has 0 spiro atoms. The number of rotatable bonds is 6. The van der Waals surface area contributed by atoms with Crippen molar-refractivity contribution in [1.29, 1.82) is 0 Å². The van der Waals surface area contributed by atoms with Crippen LogP contribution in [0.2, 0.25) is 0 Å². The fourth-order valence-electron chi connectivity index (χ4n) is 6.46. The Balaban J connectivity index is 1.37. The Morgan fingerprint density at radius 3 is 2.64 bits per heavy atom. The van der Waals surface area contributed by atoms with Crippen molar-refractivity contribution in [1.82, 2.24) is 19.7 Å². The smallest absolute Gasteiger partial charge is 0.271 e. The molecule has 1 aliphatic carbocycles. The maximum atomic E-state index is 13.7. The Bertz CT molecular complexity index is 1010. The Kier molecular flexibility index (Phi) is 6.29. The lowest BCUT2D eigenvalue weighted by atomic mass is 9.91. The van der Waals surface area contributed by atoms with Crippen molar-refractivity contribution in [3.63, 3.8) is 0 Å². The summed E-state index contributed by atoms with van der Waals surface area (Å²) in [5.41, 5.74) is 0.922. The van der Waals surface area contributed by atoms with E-state index >= 15 is 0 Å². The highest BCUT2D eigenvalue weighted by atomic mass is 32.1. The Morgan fingerprint density at radius 1 is 1.18 bits per heavy atom. The van der Waals surface area contributed by atoms with E-state index in [4.69, 9.17) is 0 Å². The van der Waals surface area contributed by atoms with Crippen LogP contribution in [0.15, 0.2) is 17.5 Å². The first-order chi connectivity index (χ1) is 15.8. The number of hydrogen-bond donors (Lipinski definition) is 1. The standard InChI is InChI=1S/C26H38N4O2S/c1-18-13-19(2)16-28(15-18)10-6-11-30-24(31)22-14-23-21(9-12-33-23)29(22)17-26(30,3)25(32)27-20-7-4-5-8-20/h9,12,14,18-20H,4-8,10-11,13,15-17H2,1-3H3,(H,27,32). The summed E-state index contributed by atoms with van der Waals surface area (Å²) in [6, 6.07) is 4.33. The number of piperidine rings is 1. The second kappa shape index (κ2) is 9.06. The van der Waals surface area contributed by atoms with Crippen molar-refractivity contribution in [2.75, 3.05) is 26.2 Å². The number of nitrogens with one attached hydrogen (secondary N) is 1. The molecule has 4 heterocycles. The zero-order valence-electron chi connectivity index (χ0n) is 20.3. The first-order valence-corrected chi connectivity index (χ1v) is 13.6. The van der Waals surface area contributed by atoms with Crippen LogP contribution in [0.4, 0.5) is 0 Å². The first-order valence-electron chi connectivity index (χ1n) is 12.8. The topological polar surface area (TPSA) is 57.6 Å². The fraction of sp³-hybridized carbons (Fsp3) is 0.692. The van der Waals surface area contributed by atoms with Crippen LogP contribution in [0, 0.1) is 11.8 Å². The summed E-state index contributed by atoms with van der Waals surface area (Å²) >= 11 is 1.66. The van der Waals surface area contributed by atoms with Crippen molar-refractivity contribution in [3.05, 3.63) is 23.2 Å². The Labute approximate surface area is 201 Å². The highest BCUT2D eigenvalue weighted by Crippen LogP contribution is 2.35. The molecule has 3 unspecified atom stereocenters. The second-order valence-electron chi connectivity index (χ2n) is 11.0. The molecule has 2 aromatic heterocycles. The molecule has 3 atom stereocenters. The van der Waals surface area contributed by atoms with E-state index in [1.807, 2.05) is 17.9 Å². The Hall–Kier alpha value is -1.86. The van der Waals surface area contributed by atoms with Gasteiger partial charge < -0.3 is 19.7 Å². The van der Waals surface area contributed by atoms with Crippen LogP contribution in [0.25, 0.3) is 10.2 Å². The van der Waals surface area contributed by atoms with Crippen LogP contribution in [0.3, 0.4) is 0 Å². The van der Waals surface area contributed by atoms with Gasteiger partial charge in [-0.05, 0) is 68.5 Å². The number of carbonyl (C=O) groups is 2. The average molecular weight is 471 g/mol. The van der Waals surface area contributed by atoms with Gasteiger partial charge in [-0.1, -0.05) is 26.7 Å². The molecule has 1 N–H and O–H groups in total. The van der Waals surface area contributed by atoms with Gasteiger partial charge in [0.25, 0.3) is 5.91 Å². The molecule has 7 heteroatoms. The second-order valence-corrected chi connectivity index (χ2v) is 12.0. The summed E-state index contributed by atoms with van der Waals surface area (Å²) in [4.78, 5) is 31.8. The highest BCUT2D eigenvalue weighted by molar-refractivity contribution is 7.17. The monoisotopic (exact) mass is 470 g/mol. The lowest BCUT2D eigenvalue weighted by Crippen LogP contribution is -2.65. The number of carbonyl (C=O) groups excluding carboxylic acids is 2. The molecule has 2 aromatic rings. The summed E-state index contributed by atoms with van der Waals surface area (Å²) < 4.78 is 3.20. The van der Waals surface area contributed by atoms with Gasteiger partial charge in [-0.25, -0.2) is 0 Å². The van der Waals surface area contributed by atoms with Gasteiger partial charge in [-0.3, -0.25) is 9.59 Å². The molecule has 0 aromatic carbocycles. The lowest BCUT2D eigenvalue weighted by Gasteiger charge is -2.45. The van der Waals surface area contributed by atoms with E-state index in [1.54, 1.807) is 11.3 Å². The zero-order valence-corrected chi connectivity index (χ0v) is 21.1. The molecule has 2 aliphatic heterocycles. The van der Waals surface area contributed by atoms with E-state index in [2.05, 4.69) is 40.1 Å². The van der Waals surface area contributed by atoms with Gasteiger partial charge in [0.2, 0.25) is 5.91 Å². The molecule has 5 rings (SSSR count). The van der Waals surface area contributed by atoms with E-state index in [1.165, 1.54) is 19.3 Å². The fourth-order valence-corrected chi connectivity index (χ4v) is 7.28. The molecule has 2 amide bonds. The predicted molar refractivity (Wildman–Crippen MR) is 134 cm³/mol. The molecule has 33 heavy (non-hydrogen) atoms. The molecule has 0 bridgehead atoms. The van der Waals surface area contributed by atoms with Crippen molar-refractivity contribution >= 4 is 33.4 Å². The number of hydrogen-bond acceptors (Lipinski definition) is 4. The van der Waals surface area contributed by atoms with Gasteiger partial charge in [0, 0.05) is 25.7 Å². The van der Waals surface area contributed by atoms with E-state index in [-0.39, 0.29) is 17.9 Å². The van der Waals surface area contributed by atoms with Gasteiger partial charge in [0.1, 0.15) is 11.2 Å². The van der Waals surface area contributed by atoms with Crippen LogP contribution in [0.1, 0.15) is 69.8 Å². The van der Waals surface area contributed by atoms with E-state index < -0.39 is 5.54 Å². The molecule has 180 valence electrons. The lowest BCUT2D eigenvalue weighted by molar-refractivity contribution is -0.133. The quantitative estimate of drug-likeness (QED) is 0.683. The summed E-state index contributed by atoms with van der Waals surface area (Å²) in [6.45, 7) is 11.0. The van der Waals surface area contributed by atoms with Gasteiger partial charge in [0.15, 0.2) is 0 Å². The molecule has 1 saturated carbocycles. The highest BCUT2D eigenvalue weighted by Gasteiger charge is 2.48. The molecule has 0 radical (unpaired) electrons. The number of fused-ring (bicyclic) bond motifs is 3. The third kappa shape index (κ3) is 4.34. The number of thiophene rings is 1. The third-order valence-corrected chi connectivity index (χ3v) is 8.88. The van der Waals surface area contributed by atoms with E-state index in [0.717, 1.165) is 66.6 Å². The summed E-state index contributed by atoms with van der Waals surface area (Å²) in [5.74, 6) is 1.45. The number of nitrogens with zero attached hydrogens (tertiary/aromatic N) is 3. The van der Waals surface area contributed by atoms with Gasteiger partial charge in [0.05, 0.1) is 16.8 Å². The third-order valence-electron chi connectivity index (χ3n) is 8.03. The molecule has 2 fully saturated rings. The minimum Gasteiger partial charge on any atom is -0.351 e. The average Bonchev–Trinajstić information content (AvgIpc) is 3.48. The van der Waals surface area contributed by atoms with Gasteiger partial charge in [-0.15, -0.1) is 11.3 Å². The zero-order chi connectivity index (χ0) is 23.2. The Morgan fingerprint density at radius 2 is 1.91 bits per heavy atom. The van der Waals surface area contributed by atoms with Gasteiger partial charge in [-0.2, -0.15) is 0 Å². The van der Waals surface area contributed by atoms with Crippen molar-refractivity contribution in [3.8, 4) is 0 Å². The predicted octanol–water partition coefficient (Wildman–Crippen LogP) is 4.34. The SMILES string of the molecule is CC1CC(C)CN(CCCN2C(=O)c3cc4sccc4n3CC2(C)C(=O)NC2CCCC2)C1. The van der Waals surface area contributed by atoms with Crippen LogP contribution in [0.5, 0.6) is 0 Å². The minimum atomic E-state index is -0.872. The van der Waals surface area contributed by atoms with Crippen LogP contribution >= 0.6 is 11.3 Å². The largest absolute Gasteiger partial charge is 0.351 e. The van der Waals surface area contributed by atoms with Crippen molar-refractivity contribution < 1.29 is 9.59 Å².